The molecule has 0 heterocycles. The number of rotatable bonds is 5. The van der Waals surface area contributed by atoms with Gasteiger partial charge in [0.05, 0.1) is 21.8 Å². The topological polar surface area (TPSA) is 69.7 Å². The Labute approximate surface area is 146 Å². The highest BCUT2D eigenvalue weighted by Crippen LogP contribution is 2.29. The summed E-state index contributed by atoms with van der Waals surface area (Å²) in [6.45, 7) is 0. The minimum Gasteiger partial charge on any atom is -0.376 e. The first-order valence-corrected chi connectivity index (χ1v) is 8.88. The smallest absolute Gasteiger partial charge is 0.258 e. The molecule has 25 heavy (non-hydrogen) atoms. The first-order valence-electron chi connectivity index (χ1n) is 7.44. The number of carbonyl (C=O) groups is 1. The molecular formula is C17H20FN3O3S. The number of carbonyl (C=O) groups excluding carboxylic acids is 1. The summed E-state index contributed by atoms with van der Waals surface area (Å²) < 4.78 is 39.5. The first kappa shape index (κ1) is 18.9. The molecule has 134 valence electrons. The molecule has 1 N–H and O–H groups in total. The molecule has 0 unspecified atom stereocenters. The summed E-state index contributed by atoms with van der Waals surface area (Å²) in [7, 11) is 2.70. The molecule has 8 heteroatoms. The number of anilines is 2. The van der Waals surface area contributed by atoms with Gasteiger partial charge in [0.25, 0.3) is 5.91 Å². The van der Waals surface area contributed by atoms with E-state index in [1.165, 1.54) is 44.4 Å². The quantitative estimate of drug-likeness (QED) is 0.883. The van der Waals surface area contributed by atoms with Crippen molar-refractivity contribution < 1.29 is 17.6 Å². The molecule has 0 fully saturated rings. The van der Waals surface area contributed by atoms with Crippen LogP contribution < -0.4 is 10.2 Å². The molecule has 2 aromatic rings. The van der Waals surface area contributed by atoms with Crippen molar-refractivity contribution >= 4 is 27.3 Å². The van der Waals surface area contributed by atoms with E-state index in [0.717, 1.165) is 4.31 Å². The van der Waals surface area contributed by atoms with Crippen molar-refractivity contribution in [3.05, 3.63) is 53.8 Å². The standard InChI is InChI=1S/C17H20FN3O3S/c1-20(2)16-10-9-12(25(23,24)21(3)4)11-15(16)19-17(22)13-7-5-6-8-14(13)18/h5-11H,1-4H3,(H,19,22). The number of benzene rings is 2. The predicted octanol–water partition coefficient (Wildman–Crippen LogP) is 2.39. The summed E-state index contributed by atoms with van der Waals surface area (Å²) >= 11 is 0. The molecule has 0 aliphatic rings. The monoisotopic (exact) mass is 365 g/mol. The highest BCUT2D eigenvalue weighted by atomic mass is 32.2. The third kappa shape index (κ3) is 3.97. The zero-order chi connectivity index (χ0) is 18.8. The molecule has 0 aliphatic heterocycles. The zero-order valence-electron chi connectivity index (χ0n) is 14.4. The third-order valence-electron chi connectivity index (χ3n) is 3.60. The third-order valence-corrected chi connectivity index (χ3v) is 5.41. The van der Waals surface area contributed by atoms with Crippen LogP contribution in [0.1, 0.15) is 10.4 Å². The van der Waals surface area contributed by atoms with E-state index in [1.54, 1.807) is 31.1 Å². The second-order valence-corrected chi connectivity index (χ2v) is 7.95. The van der Waals surface area contributed by atoms with E-state index in [1.807, 2.05) is 0 Å². The Morgan fingerprint density at radius 1 is 1.04 bits per heavy atom. The summed E-state index contributed by atoms with van der Waals surface area (Å²) in [5.41, 5.74) is 0.761. The van der Waals surface area contributed by atoms with Gasteiger partial charge < -0.3 is 10.2 Å². The van der Waals surface area contributed by atoms with E-state index in [4.69, 9.17) is 0 Å². The van der Waals surface area contributed by atoms with Crippen molar-refractivity contribution in [2.75, 3.05) is 38.4 Å². The number of amides is 1. The Bertz CT molecular complexity index is 896. The number of nitrogens with one attached hydrogen (secondary N) is 1. The summed E-state index contributed by atoms with van der Waals surface area (Å²) in [4.78, 5) is 14.1. The molecule has 0 saturated carbocycles. The summed E-state index contributed by atoms with van der Waals surface area (Å²) in [5.74, 6) is -1.30. The van der Waals surface area contributed by atoms with Gasteiger partial charge in [0.2, 0.25) is 10.0 Å². The van der Waals surface area contributed by atoms with Gasteiger partial charge in [-0.05, 0) is 30.3 Å². The Balaban J connectivity index is 2.48. The van der Waals surface area contributed by atoms with Crippen LogP contribution in [0.5, 0.6) is 0 Å². The van der Waals surface area contributed by atoms with Crippen molar-refractivity contribution in [1.29, 1.82) is 0 Å². The van der Waals surface area contributed by atoms with Gasteiger partial charge >= 0.3 is 0 Å². The largest absolute Gasteiger partial charge is 0.376 e. The minimum absolute atomic E-state index is 0.0342. The van der Waals surface area contributed by atoms with Gasteiger partial charge in [0.1, 0.15) is 5.82 Å². The summed E-state index contributed by atoms with van der Waals surface area (Å²) in [6, 6.07) is 10.0. The van der Waals surface area contributed by atoms with Gasteiger partial charge in [0.15, 0.2) is 0 Å². The lowest BCUT2D eigenvalue weighted by molar-refractivity contribution is 0.102. The lowest BCUT2D eigenvalue weighted by Gasteiger charge is -2.20. The molecule has 1 amide bonds. The Hall–Kier alpha value is -2.45. The average Bonchev–Trinajstić information content (AvgIpc) is 2.54. The van der Waals surface area contributed by atoms with Crippen LogP contribution in [0, 0.1) is 5.82 Å². The predicted molar refractivity (Wildman–Crippen MR) is 96.0 cm³/mol. The zero-order valence-corrected chi connectivity index (χ0v) is 15.3. The van der Waals surface area contributed by atoms with Gasteiger partial charge in [0, 0.05) is 28.2 Å². The molecule has 0 saturated heterocycles. The van der Waals surface area contributed by atoms with Crippen molar-refractivity contribution in [2.45, 2.75) is 4.90 Å². The number of halogens is 1. The molecule has 0 radical (unpaired) electrons. The summed E-state index contributed by atoms with van der Waals surface area (Å²) in [5, 5.41) is 2.60. The minimum atomic E-state index is -3.66. The Morgan fingerprint density at radius 2 is 1.68 bits per heavy atom. The number of hydrogen-bond acceptors (Lipinski definition) is 4. The van der Waals surface area contributed by atoms with E-state index in [9.17, 15) is 17.6 Å². The van der Waals surface area contributed by atoms with Crippen molar-refractivity contribution in [3.63, 3.8) is 0 Å². The molecule has 0 aromatic heterocycles. The number of sulfonamides is 1. The molecule has 0 aliphatic carbocycles. The van der Waals surface area contributed by atoms with Crippen LogP contribution >= 0.6 is 0 Å². The maximum atomic E-state index is 13.8. The van der Waals surface area contributed by atoms with Crippen LogP contribution in [0.25, 0.3) is 0 Å². The molecule has 2 rings (SSSR count). The fourth-order valence-corrected chi connectivity index (χ4v) is 3.14. The normalized spacial score (nSPS) is 11.4. The van der Waals surface area contributed by atoms with Crippen LogP contribution in [0.15, 0.2) is 47.4 Å². The molecular weight excluding hydrogens is 345 g/mol. The first-order chi connectivity index (χ1) is 11.6. The molecule has 0 atom stereocenters. The second-order valence-electron chi connectivity index (χ2n) is 5.79. The highest BCUT2D eigenvalue weighted by Gasteiger charge is 2.21. The van der Waals surface area contributed by atoms with Gasteiger partial charge in [-0.25, -0.2) is 17.1 Å². The van der Waals surface area contributed by atoms with E-state index >= 15 is 0 Å². The van der Waals surface area contributed by atoms with Crippen LogP contribution in [0.3, 0.4) is 0 Å². The molecule has 2 aromatic carbocycles. The van der Waals surface area contributed by atoms with Crippen LogP contribution in [-0.2, 0) is 10.0 Å². The van der Waals surface area contributed by atoms with E-state index < -0.39 is 21.7 Å². The number of nitrogens with zero attached hydrogens (tertiary/aromatic N) is 2. The lowest BCUT2D eigenvalue weighted by Crippen LogP contribution is -2.23. The van der Waals surface area contributed by atoms with Gasteiger partial charge in [-0.1, -0.05) is 12.1 Å². The van der Waals surface area contributed by atoms with Crippen LogP contribution in [0.4, 0.5) is 15.8 Å². The maximum absolute atomic E-state index is 13.8. The Morgan fingerprint density at radius 3 is 2.24 bits per heavy atom. The number of hydrogen-bond donors (Lipinski definition) is 1. The molecule has 0 spiro atoms. The van der Waals surface area contributed by atoms with Crippen molar-refractivity contribution in [1.82, 2.24) is 4.31 Å². The van der Waals surface area contributed by atoms with Crippen molar-refractivity contribution in [2.24, 2.45) is 0 Å². The molecule has 6 nitrogen and oxygen atoms in total. The van der Waals surface area contributed by atoms with E-state index in [0.29, 0.717) is 5.69 Å². The SMILES string of the molecule is CN(C)c1ccc(S(=O)(=O)N(C)C)cc1NC(=O)c1ccccc1F. The lowest BCUT2D eigenvalue weighted by atomic mass is 10.2. The summed E-state index contributed by atoms with van der Waals surface area (Å²) in [6.07, 6.45) is 0. The second kappa shape index (κ2) is 7.20. The van der Waals surface area contributed by atoms with Crippen LogP contribution in [0.2, 0.25) is 0 Å². The van der Waals surface area contributed by atoms with E-state index in [2.05, 4.69) is 5.32 Å². The van der Waals surface area contributed by atoms with Crippen molar-refractivity contribution in [3.8, 4) is 0 Å². The Kier molecular flexibility index (Phi) is 5.44. The fourth-order valence-electron chi connectivity index (χ4n) is 2.21. The highest BCUT2D eigenvalue weighted by molar-refractivity contribution is 7.89. The maximum Gasteiger partial charge on any atom is 0.258 e. The van der Waals surface area contributed by atoms with Gasteiger partial charge in [-0.15, -0.1) is 0 Å². The average molecular weight is 365 g/mol. The van der Waals surface area contributed by atoms with Gasteiger partial charge in [-0.2, -0.15) is 0 Å². The molecule has 0 bridgehead atoms. The van der Waals surface area contributed by atoms with Crippen LogP contribution in [-0.4, -0.2) is 46.8 Å². The fraction of sp³-hybridized carbons (Fsp3) is 0.235. The van der Waals surface area contributed by atoms with Gasteiger partial charge in [-0.3, -0.25) is 4.79 Å². The van der Waals surface area contributed by atoms with E-state index in [-0.39, 0.29) is 16.1 Å².